The van der Waals surface area contributed by atoms with Crippen LogP contribution in [0.1, 0.15) is 71.3 Å². The van der Waals surface area contributed by atoms with E-state index in [9.17, 15) is 14.9 Å². The molecule has 2 N–H and O–H groups in total. The smallest absolute Gasteiger partial charge is 0.287 e. The Balaban J connectivity index is 2.71. The number of nitrogens with zero attached hydrogens (tertiary/aromatic N) is 3. The number of carbonyl (C=O) groups excluding carboxylic acids is 1. The molecular formula is C21H37N5O3. The van der Waals surface area contributed by atoms with Crippen LogP contribution in [0.2, 0.25) is 0 Å². The third-order valence-electron chi connectivity index (χ3n) is 4.84. The minimum absolute atomic E-state index is 0.0775. The van der Waals surface area contributed by atoms with Gasteiger partial charge in [0.2, 0.25) is 0 Å². The van der Waals surface area contributed by atoms with Crippen molar-refractivity contribution in [1.29, 1.82) is 5.41 Å². The molecule has 0 spiro atoms. The van der Waals surface area contributed by atoms with Gasteiger partial charge in [0.1, 0.15) is 5.69 Å². The third kappa shape index (κ3) is 8.25. The van der Waals surface area contributed by atoms with Crippen LogP contribution in [-0.4, -0.2) is 45.3 Å². The molecule has 164 valence electrons. The van der Waals surface area contributed by atoms with Crippen LogP contribution in [0, 0.1) is 27.4 Å². The van der Waals surface area contributed by atoms with Gasteiger partial charge in [0.15, 0.2) is 0 Å². The molecule has 1 rings (SSSR count). The Labute approximate surface area is 174 Å². The Hall–Kier alpha value is -2.38. The molecule has 8 heteroatoms. The van der Waals surface area contributed by atoms with Crippen LogP contribution in [0.3, 0.4) is 0 Å². The van der Waals surface area contributed by atoms with E-state index in [4.69, 9.17) is 5.41 Å². The molecule has 29 heavy (non-hydrogen) atoms. The number of amides is 1. The lowest BCUT2D eigenvalue weighted by Crippen LogP contribution is -2.39. The van der Waals surface area contributed by atoms with Gasteiger partial charge in [-0.15, -0.1) is 0 Å². The summed E-state index contributed by atoms with van der Waals surface area (Å²) in [6.07, 6.45) is 3.69. The first-order chi connectivity index (χ1) is 13.5. The fourth-order valence-corrected chi connectivity index (χ4v) is 3.00. The maximum atomic E-state index is 12.6. The summed E-state index contributed by atoms with van der Waals surface area (Å²) >= 11 is 0. The van der Waals surface area contributed by atoms with Gasteiger partial charge in [0.05, 0.1) is 17.0 Å². The van der Waals surface area contributed by atoms with Gasteiger partial charge in [-0.3, -0.25) is 20.3 Å². The Morgan fingerprint density at radius 2 is 1.83 bits per heavy atom. The van der Waals surface area contributed by atoms with Gasteiger partial charge in [0.25, 0.3) is 11.6 Å². The van der Waals surface area contributed by atoms with Gasteiger partial charge in [-0.05, 0) is 38.5 Å². The lowest BCUT2D eigenvalue weighted by molar-refractivity contribution is -0.384. The zero-order valence-electron chi connectivity index (χ0n) is 18.7. The Kier molecular flexibility index (Phi) is 9.85. The second kappa shape index (κ2) is 11.6. The lowest BCUT2D eigenvalue weighted by atomic mass is 10.1. The predicted molar refractivity (Wildman–Crippen MR) is 117 cm³/mol. The van der Waals surface area contributed by atoms with Crippen molar-refractivity contribution in [3.05, 3.63) is 28.1 Å². The summed E-state index contributed by atoms with van der Waals surface area (Å²) in [6, 6.07) is 1.55. The number of aryl methyl sites for hydroxylation is 1. The Morgan fingerprint density at radius 3 is 2.34 bits per heavy atom. The van der Waals surface area contributed by atoms with Crippen molar-refractivity contribution >= 4 is 17.4 Å². The van der Waals surface area contributed by atoms with Crippen LogP contribution in [0.4, 0.5) is 5.69 Å². The topological polar surface area (TPSA) is 104 Å². The minimum atomic E-state index is -0.479. The van der Waals surface area contributed by atoms with Crippen LogP contribution >= 0.6 is 0 Å². The molecule has 0 aromatic carbocycles. The van der Waals surface area contributed by atoms with Crippen LogP contribution in [0.25, 0.3) is 0 Å². The zero-order valence-corrected chi connectivity index (χ0v) is 18.7. The van der Waals surface area contributed by atoms with Crippen molar-refractivity contribution in [3.8, 4) is 0 Å². The molecule has 1 heterocycles. The minimum Gasteiger partial charge on any atom is -0.358 e. The highest BCUT2D eigenvalue weighted by Gasteiger charge is 2.20. The average Bonchev–Trinajstić information content (AvgIpc) is 3.04. The predicted octanol–water partition coefficient (Wildman–Crippen LogP) is 4.30. The molecule has 1 aromatic heterocycles. The van der Waals surface area contributed by atoms with E-state index in [-0.39, 0.29) is 17.6 Å². The molecule has 0 saturated carbocycles. The number of hydrogen-bond donors (Lipinski definition) is 2. The van der Waals surface area contributed by atoms with Crippen molar-refractivity contribution in [2.45, 2.75) is 73.4 Å². The van der Waals surface area contributed by atoms with Crippen LogP contribution < -0.4 is 5.32 Å². The van der Waals surface area contributed by atoms with Crippen molar-refractivity contribution in [2.24, 2.45) is 11.8 Å². The SMILES string of the molecule is CC(C)CCN(C(=N)CCNC(=O)c1cc([N+](=O)[O-])cn1CCC(C)C)C(C)C. The summed E-state index contributed by atoms with van der Waals surface area (Å²) in [6.45, 7) is 14.3. The highest BCUT2D eigenvalue weighted by Crippen LogP contribution is 2.18. The summed E-state index contributed by atoms with van der Waals surface area (Å²) in [5.41, 5.74) is 0.218. The standard InChI is InChI=1S/C21H37N5O3/c1-15(2)8-11-24-14-18(26(28)29)13-19(24)21(27)23-10-7-20(22)25(17(5)6)12-9-16(3)4/h13-17,22H,7-12H2,1-6H3,(H,23,27). The van der Waals surface area contributed by atoms with Crippen molar-refractivity contribution in [1.82, 2.24) is 14.8 Å². The highest BCUT2D eigenvalue weighted by molar-refractivity contribution is 5.93. The molecule has 0 radical (unpaired) electrons. The van der Waals surface area contributed by atoms with Crippen molar-refractivity contribution in [3.63, 3.8) is 0 Å². The summed E-state index contributed by atoms with van der Waals surface area (Å²) in [4.78, 5) is 25.3. The van der Waals surface area contributed by atoms with Crippen molar-refractivity contribution < 1.29 is 9.72 Å². The highest BCUT2D eigenvalue weighted by atomic mass is 16.6. The van der Waals surface area contributed by atoms with Crippen LogP contribution in [0.15, 0.2) is 12.3 Å². The van der Waals surface area contributed by atoms with E-state index in [0.29, 0.717) is 42.9 Å². The summed E-state index contributed by atoms with van der Waals surface area (Å²) in [5.74, 6) is 1.16. The van der Waals surface area contributed by atoms with E-state index in [0.717, 1.165) is 19.4 Å². The largest absolute Gasteiger partial charge is 0.358 e. The van der Waals surface area contributed by atoms with Crippen LogP contribution in [-0.2, 0) is 6.54 Å². The first-order valence-corrected chi connectivity index (χ1v) is 10.5. The van der Waals surface area contributed by atoms with Crippen LogP contribution in [0.5, 0.6) is 0 Å². The van der Waals surface area contributed by atoms with E-state index in [1.165, 1.54) is 12.3 Å². The van der Waals surface area contributed by atoms with E-state index in [1.54, 1.807) is 4.57 Å². The summed E-state index contributed by atoms with van der Waals surface area (Å²) < 4.78 is 1.65. The average molecular weight is 408 g/mol. The van der Waals surface area contributed by atoms with E-state index in [1.807, 2.05) is 0 Å². The second-order valence-corrected chi connectivity index (χ2v) is 8.64. The molecule has 0 aliphatic heterocycles. The third-order valence-corrected chi connectivity index (χ3v) is 4.84. The molecule has 1 aromatic rings. The molecule has 0 saturated heterocycles. The van der Waals surface area contributed by atoms with E-state index in [2.05, 4.69) is 51.8 Å². The number of nitro groups is 1. The first-order valence-electron chi connectivity index (χ1n) is 10.5. The Bertz CT molecular complexity index is 694. The normalized spacial score (nSPS) is 11.3. The maximum Gasteiger partial charge on any atom is 0.287 e. The molecular weight excluding hydrogens is 370 g/mol. The molecule has 0 unspecified atom stereocenters. The number of carbonyl (C=O) groups is 1. The molecule has 0 aliphatic rings. The number of hydrogen-bond acceptors (Lipinski definition) is 4. The maximum absolute atomic E-state index is 12.6. The molecule has 0 fully saturated rings. The summed E-state index contributed by atoms with van der Waals surface area (Å²) in [7, 11) is 0. The molecule has 8 nitrogen and oxygen atoms in total. The first kappa shape index (κ1) is 24.7. The monoisotopic (exact) mass is 407 g/mol. The van der Waals surface area contributed by atoms with Gasteiger partial charge in [-0.1, -0.05) is 27.7 Å². The second-order valence-electron chi connectivity index (χ2n) is 8.64. The Morgan fingerprint density at radius 1 is 1.21 bits per heavy atom. The van der Waals surface area contributed by atoms with Crippen molar-refractivity contribution in [2.75, 3.05) is 13.1 Å². The number of rotatable bonds is 12. The summed E-state index contributed by atoms with van der Waals surface area (Å²) in [5, 5.41) is 22.3. The van der Waals surface area contributed by atoms with E-state index < -0.39 is 4.92 Å². The van der Waals surface area contributed by atoms with Gasteiger partial charge in [-0.2, -0.15) is 0 Å². The van der Waals surface area contributed by atoms with Gasteiger partial charge < -0.3 is 14.8 Å². The number of aromatic nitrogens is 1. The van der Waals surface area contributed by atoms with Gasteiger partial charge in [-0.25, -0.2) is 0 Å². The molecule has 1 amide bonds. The molecule has 0 atom stereocenters. The fraction of sp³-hybridized carbons (Fsp3) is 0.714. The number of nitrogens with one attached hydrogen (secondary N) is 2. The van der Waals surface area contributed by atoms with E-state index >= 15 is 0 Å². The molecule has 0 aliphatic carbocycles. The van der Waals surface area contributed by atoms with Gasteiger partial charge in [0, 0.05) is 38.2 Å². The number of amidine groups is 1. The lowest BCUT2D eigenvalue weighted by Gasteiger charge is -2.30. The zero-order chi connectivity index (χ0) is 22.1. The fourth-order valence-electron chi connectivity index (χ4n) is 3.00. The van der Waals surface area contributed by atoms with Gasteiger partial charge >= 0.3 is 0 Å². The quantitative estimate of drug-likeness (QED) is 0.233. The molecule has 0 bridgehead atoms.